The Kier molecular flexibility index (Phi) is 4.92. The number of carbonyl (C=O) groups is 2. The minimum Gasteiger partial charge on any atom is -0.344 e. The lowest BCUT2D eigenvalue weighted by Gasteiger charge is -2.21. The number of carbonyl (C=O) groups excluding carboxylic acids is 2. The molecule has 1 atom stereocenters. The molecule has 1 saturated carbocycles. The molecule has 0 unspecified atom stereocenters. The second kappa shape index (κ2) is 7.50. The molecule has 0 spiro atoms. The molecule has 2 fully saturated rings. The SMILES string of the molecule is CN(CCc1noc(C2CC2)n1)C(=O)CN1C[C@H](c2ccccc2)CC1=O. The fourth-order valence-corrected chi connectivity index (χ4v) is 3.41. The van der Waals surface area contributed by atoms with Crippen molar-refractivity contribution in [2.24, 2.45) is 0 Å². The summed E-state index contributed by atoms with van der Waals surface area (Å²) >= 11 is 0. The zero-order chi connectivity index (χ0) is 18.8. The van der Waals surface area contributed by atoms with Gasteiger partial charge >= 0.3 is 0 Å². The van der Waals surface area contributed by atoms with Gasteiger partial charge < -0.3 is 14.3 Å². The molecule has 2 aliphatic rings. The van der Waals surface area contributed by atoms with E-state index in [1.54, 1.807) is 16.8 Å². The second-order valence-electron chi connectivity index (χ2n) is 7.47. The molecule has 142 valence electrons. The largest absolute Gasteiger partial charge is 0.344 e. The molecule has 1 saturated heterocycles. The second-order valence-corrected chi connectivity index (χ2v) is 7.47. The van der Waals surface area contributed by atoms with Crippen LogP contribution in [0.1, 0.15) is 48.4 Å². The fourth-order valence-electron chi connectivity index (χ4n) is 3.41. The van der Waals surface area contributed by atoms with Crippen LogP contribution in [-0.4, -0.2) is 58.4 Å². The molecule has 7 heteroatoms. The number of rotatable bonds is 7. The van der Waals surface area contributed by atoms with Crippen molar-refractivity contribution in [2.45, 2.75) is 37.5 Å². The lowest BCUT2D eigenvalue weighted by atomic mass is 9.99. The number of benzene rings is 1. The minimum atomic E-state index is -0.0667. The zero-order valence-corrected chi connectivity index (χ0v) is 15.5. The molecule has 1 aliphatic carbocycles. The summed E-state index contributed by atoms with van der Waals surface area (Å²) in [5.74, 6) is 1.92. The first kappa shape index (κ1) is 17.7. The van der Waals surface area contributed by atoms with Crippen molar-refractivity contribution in [2.75, 3.05) is 26.7 Å². The molecular weight excluding hydrogens is 344 g/mol. The minimum absolute atomic E-state index is 0.0397. The van der Waals surface area contributed by atoms with Crippen molar-refractivity contribution >= 4 is 11.8 Å². The molecule has 2 aromatic rings. The smallest absolute Gasteiger partial charge is 0.241 e. The fraction of sp³-hybridized carbons (Fsp3) is 0.500. The van der Waals surface area contributed by atoms with Gasteiger partial charge in [-0.2, -0.15) is 4.98 Å². The summed E-state index contributed by atoms with van der Waals surface area (Å²) in [5.41, 5.74) is 1.15. The van der Waals surface area contributed by atoms with Gasteiger partial charge in [-0.3, -0.25) is 9.59 Å². The highest BCUT2D eigenvalue weighted by atomic mass is 16.5. The van der Waals surface area contributed by atoms with Crippen LogP contribution >= 0.6 is 0 Å². The van der Waals surface area contributed by atoms with Gasteiger partial charge in [-0.15, -0.1) is 0 Å². The summed E-state index contributed by atoms with van der Waals surface area (Å²) in [6.45, 7) is 1.23. The van der Waals surface area contributed by atoms with E-state index in [0.29, 0.717) is 43.6 Å². The van der Waals surface area contributed by atoms with Crippen molar-refractivity contribution in [3.8, 4) is 0 Å². The molecule has 1 aliphatic heterocycles. The third kappa shape index (κ3) is 4.18. The molecule has 0 N–H and O–H groups in total. The molecule has 1 aromatic heterocycles. The Bertz CT molecular complexity index is 816. The van der Waals surface area contributed by atoms with Crippen LogP contribution < -0.4 is 0 Å². The van der Waals surface area contributed by atoms with E-state index >= 15 is 0 Å². The topological polar surface area (TPSA) is 79.5 Å². The summed E-state index contributed by atoms with van der Waals surface area (Å²) in [4.78, 5) is 32.5. The number of aromatic nitrogens is 2. The molecule has 1 aromatic carbocycles. The lowest BCUT2D eigenvalue weighted by Crippen LogP contribution is -2.40. The number of hydrogen-bond donors (Lipinski definition) is 0. The van der Waals surface area contributed by atoms with E-state index in [1.165, 1.54) is 0 Å². The highest BCUT2D eigenvalue weighted by Crippen LogP contribution is 2.38. The molecule has 7 nitrogen and oxygen atoms in total. The van der Waals surface area contributed by atoms with E-state index in [2.05, 4.69) is 10.1 Å². The van der Waals surface area contributed by atoms with Crippen LogP contribution in [0.4, 0.5) is 0 Å². The summed E-state index contributed by atoms with van der Waals surface area (Å²) in [5, 5.41) is 3.98. The Morgan fingerprint density at radius 3 is 2.78 bits per heavy atom. The van der Waals surface area contributed by atoms with Crippen LogP contribution in [0.15, 0.2) is 34.9 Å². The lowest BCUT2D eigenvalue weighted by molar-refractivity contribution is -0.137. The molecule has 27 heavy (non-hydrogen) atoms. The van der Waals surface area contributed by atoms with Gasteiger partial charge in [0.2, 0.25) is 17.7 Å². The third-order valence-electron chi connectivity index (χ3n) is 5.32. The van der Waals surface area contributed by atoms with Crippen molar-refractivity contribution in [1.82, 2.24) is 19.9 Å². The Morgan fingerprint density at radius 2 is 2.04 bits per heavy atom. The summed E-state index contributed by atoms with van der Waals surface area (Å²) in [6, 6.07) is 10.0. The quantitative estimate of drug-likeness (QED) is 0.746. The zero-order valence-electron chi connectivity index (χ0n) is 15.5. The molecule has 4 rings (SSSR count). The van der Waals surface area contributed by atoms with E-state index in [4.69, 9.17) is 4.52 Å². The van der Waals surface area contributed by atoms with Gasteiger partial charge in [0.15, 0.2) is 5.82 Å². The van der Waals surface area contributed by atoms with Gasteiger partial charge in [0, 0.05) is 44.8 Å². The van der Waals surface area contributed by atoms with Crippen LogP contribution in [-0.2, 0) is 16.0 Å². The first-order chi connectivity index (χ1) is 13.1. The highest BCUT2D eigenvalue weighted by molar-refractivity contribution is 5.86. The number of nitrogens with zero attached hydrogens (tertiary/aromatic N) is 4. The van der Waals surface area contributed by atoms with Gasteiger partial charge in [-0.25, -0.2) is 0 Å². The molecule has 2 amide bonds. The average molecular weight is 368 g/mol. The van der Waals surface area contributed by atoms with Crippen molar-refractivity contribution in [1.29, 1.82) is 0 Å². The van der Waals surface area contributed by atoms with Crippen LogP contribution in [0.25, 0.3) is 0 Å². The maximum absolute atomic E-state index is 12.5. The van der Waals surface area contributed by atoms with Gasteiger partial charge in [-0.1, -0.05) is 35.5 Å². The third-order valence-corrected chi connectivity index (χ3v) is 5.32. The van der Waals surface area contributed by atoms with Gasteiger partial charge in [0.05, 0.1) is 6.54 Å². The van der Waals surface area contributed by atoms with E-state index in [9.17, 15) is 9.59 Å². The Balaban J connectivity index is 1.27. The first-order valence-corrected chi connectivity index (χ1v) is 9.49. The van der Waals surface area contributed by atoms with Crippen LogP contribution in [0.2, 0.25) is 0 Å². The predicted octanol–water partition coefficient (Wildman–Crippen LogP) is 1.96. The molecule has 0 bridgehead atoms. The first-order valence-electron chi connectivity index (χ1n) is 9.49. The number of likely N-dealkylation sites (N-methyl/N-ethyl adjacent to an activating group) is 1. The normalized spacial score (nSPS) is 19.5. The molecule has 0 radical (unpaired) electrons. The van der Waals surface area contributed by atoms with E-state index in [-0.39, 0.29) is 24.3 Å². The van der Waals surface area contributed by atoms with Crippen molar-refractivity contribution < 1.29 is 14.1 Å². The van der Waals surface area contributed by atoms with Crippen LogP contribution in [0.5, 0.6) is 0 Å². The number of likely N-dealkylation sites (tertiary alicyclic amines) is 1. The summed E-state index contributed by atoms with van der Waals surface area (Å²) < 4.78 is 5.24. The van der Waals surface area contributed by atoms with Crippen LogP contribution in [0.3, 0.4) is 0 Å². The summed E-state index contributed by atoms with van der Waals surface area (Å²) in [6.07, 6.45) is 3.26. The standard InChI is InChI=1S/C20H24N4O3/c1-23(10-9-17-21-20(27-22-17)15-7-8-15)19(26)13-24-12-16(11-18(24)25)14-5-3-2-4-6-14/h2-6,15-16H,7-13H2,1H3/t16-/m1/s1. The molecular formula is C20H24N4O3. The Hall–Kier alpha value is -2.70. The average Bonchev–Trinajstić information content (AvgIpc) is 3.32. The van der Waals surface area contributed by atoms with E-state index in [1.807, 2.05) is 30.3 Å². The van der Waals surface area contributed by atoms with E-state index in [0.717, 1.165) is 18.4 Å². The summed E-state index contributed by atoms with van der Waals surface area (Å²) in [7, 11) is 1.75. The monoisotopic (exact) mass is 368 g/mol. The maximum Gasteiger partial charge on any atom is 0.241 e. The predicted molar refractivity (Wildman–Crippen MR) is 98.0 cm³/mol. The number of hydrogen-bond acceptors (Lipinski definition) is 5. The van der Waals surface area contributed by atoms with E-state index < -0.39 is 0 Å². The van der Waals surface area contributed by atoms with Crippen molar-refractivity contribution in [3.63, 3.8) is 0 Å². The molecule has 2 heterocycles. The highest BCUT2D eigenvalue weighted by Gasteiger charge is 2.32. The van der Waals surface area contributed by atoms with Gasteiger partial charge in [0.25, 0.3) is 0 Å². The van der Waals surface area contributed by atoms with Gasteiger partial charge in [0.1, 0.15) is 0 Å². The Labute approximate surface area is 158 Å². The maximum atomic E-state index is 12.5. The van der Waals surface area contributed by atoms with Crippen molar-refractivity contribution in [3.05, 3.63) is 47.6 Å². The Morgan fingerprint density at radius 1 is 1.26 bits per heavy atom. The van der Waals surface area contributed by atoms with Gasteiger partial charge in [-0.05, 0) is 18.4 Å². The number of amides is 2. The van der Waals surface area contributed by atoms with Crippen LogP contribution in [0, 0.1) is 0 Å².